The van der Waals surface area contributed by atoms with E-state index in [1.165, 1.54) is 0 Å². The van der Waals surface area contributed by atoms with E-state index >= 15 is 0 Å². The van der Waals surface area contributed by atoms with Gasteiger partial charge in [0.2, 0.25) is 0 Å². The van der Waals surface area contributed by atoms with Gasteiger partial charge >= 0.3 is 0 Å². The third-order valence-corrected chi connectivity index (χ3v) is 3.98. The lowest BCUT2D eigenvalue weighted by molar-refractivity contribution is 0.302. The Morgan fingerprint density at radius 3 is 2.95 bits per heavy atom. The molecule has 5 nitrogen and oxygen atoms in total. The Kier molecular flexibility index (Phi) is 2.97. The average Bonchev–Trinajstić information content (AvgIpc) is 3.01. The van der Waals surface area contributed by atoms with Crippen molar-refractivity contribution >= 4 is 32.4 Å². The number of halogens is 1. The molecule has 0 saturated heterocycles. The first-order chi connectivity index (χ1) is 10.7. The molecule has 4 rings (SSSR count). The summed E-state index contributed by atoms with van der Waals surface area (Å²) in [7, 11) is 0. The second kappa shape index (κ2) is 4.99. The molecule has 0 spiro atoms. The van der Waals surface area contributed by atoms with Crippen LogP contribution in [0.1, 0.15) is 0 Å². The van der Waals surface area contributed by atoms with Crippen molar-refractivity contribution in [2.75, 3.05) is 0 Å². The van der Waals surface area contributed by atoms with Gasteiger partial charge < -0.3 is 14.0 Å². The number of benzene rings is 1. The largest absolute Gasteiger partial charge is 0.454 e. The summed E-state index contributed by atoms with van der Waals surface area (Å²) in [6.07, 6.45) is 3.65. The van der Waals surface area contributed by atoms with Crippen molar-refractivity contribution in [2.45, 2.75) is 0 Å². The van der Waals surface area contributed by atoms with Crippen molar-refractivity contribution in [1.29, 1.82) is 0 Å². The van der Waals surface area contributed by atoms with Crippen molar-refractivity contribution in [3.63, 3.8) is 0 Å². The lowest BCUT2D eigenvalue weighted by Crippen LogP contribution is -2.04. The molecule has 0 unspecified atom stereocenters. The molecule has 0 atom stereocenters. The summed E-state index contributed by atoms with van der Waals surface area (Å²) in [5.74, 6) is 0.548. The van der Waals surface area contributed by atoms with Crippen LogP contribution in [0.5, 0.6) is 0 Å². The zero-order valence-electron chi connectivity index (χ0n) is 11.3. The van der Waals surface area contributed by atoms with E-state index in [2.05, 4.69) is 26.1 Å². The van der Waals surface area contributed by atoms with Crippen LogP contribution in [0.3, 0.4) is 0 Å². The van der Waals surface area contributed by atoms with E-state index in [0.717, 1.165) is 15.4 Å². The van der Waals surface area contributed by atoms with Gasteiger partial charge in [0.15, 0.2) is 5.76 Å². The third-order valence-electron chi connectivity index (χ3n) is 3.48. The minimum absolute atomic E-state index is 0.439. The first kappa shape index (κ1) is 13.1. The number of aromatic nitrogens is 2. The maximum atomic E-state index is 9.28. The Hall–Kier alpha value is -2.60. The van der Waals surface area contributed by atoms with E-state index in [1.54, 1.807) is 12.4 Å². The van der Waals surface area contributed by atoms with Gasteiger partial charge in [-0.25, -0.2) is 4.98 Å². The van der Waals surface area contributed by atoms with Gasteiger partial charge in [0.25, 0.3) is 0 Å². The molecule has 4 aromatic rings. The fourth-order valence-electron chi connectivity index (χ4n) is 2.42. The second-order valence-corrected chi connectivity index (χ2v) is 5.77. The summed E-state index contributed by atoms with van der Waals surface area (Å²) in [5.41, 5.74) is 2.32. The van der Waals surface area contributed by atoms with Gasteiger partial charge in [-0.15, -0.1) is 0 Å². The van der Waals surface area contributed by atoms with E-state index in [1.807, 2.05) is 47.0 Å². The summed E-state index contributed by atoms with van der Waals surface area (Å²) in [5, 5.41) is 13.8. The Morgan fingerprint density at radius 1 is 1.18 bits per heavy atom. The summed E-state index contributed by atoms with van der Waals surface area (Å²) >= 11 is 3.40. The minimum Gasteiger partial charge on any atom is -0.454 e. The van der Waals surface area contributed by atoms with Crippen LogP contribution in [0.2, 0.25) is 0 Å². The fourth-order valence-corrected chi connectivity index (χ4v) is 2.78. The molecule has 0 saturated carbocycles. The predicted molar refractivity (Wildman–Crippen MR) is 85.4 cm³/mol. The quantitative estimate of drug-likeness (QED) is 0.417. The fraction of sp³-hybridized carbons (Fsp3) is 0. The summed E-state index contributed by atoms with van der Waals surface area (Å²) in [6, 6.07) is 13.1. The van der Waals surface area contributed by atoms with Crippen LogP contribution in [0.25, 0.3) is 27.9 Å². The molecular formula is C16H10BrN3O2. The number of nitrogens with zero attached hydrogens (tertiary/aromatic N) is 3. The molecule has 0 amide bonds. The SMILES string of the molecule is ON=c1cc(-c2cc3cccn3cn2)oc2ccc(Br)cc12. The molecule has 0 aliphatic carbocycles. The molecule has 0 bridgehead atoms. The molecule has 0 aliphatic rings. The maximum Gasteiger partial charge on any atom is 0.155 e. The highest BCUT2D eigenvalue weighted by Gasteiger charge is 2.08. The Morgan fingerprint density at radius 2 is 2.09 bits per heavy atom. The van der Waals surface area contributed by atoms with Crippen LogP contribution < -0.4 is 5.36 Å². The summed E-state index contributed by atoms with van der Waals surface area (Å²) < 4.78 is 8.71. The lowest BCUT2D eigenvalue weighted by atomic mass is 10.2. The molecular weight excluding hydrogens is 346 g/mol. The summed E-state index contributed by atoms with van der Waals surface area (Å²) in [6.45, 7) is 0. The standard InChI is InChI=1S/C16H10BrN3O2/c17-10-3-4-15-12(6-10)13(19-21)8-16(22-15)14-7-11-2-1-5-20(11)9-18-14/h1-9,21H. The first-order valence-electron chi connectivity index (χ1n) is 6.59. The van der Waals surface area contributed by atoms with Crippen LogP contribution in [0, 0.1) is 0 Å². The topological polar surface area (TPSA) is 63.0 Å². The van der Waals surface area contributed by atoms with Crippen LogP contribution in [0.4, 0.5) is 0 Å². The molecule has 22 heavy (non-hydrogen) atoms. The van der Waals surface area contributed by atoms with E-state index in [4.69, 9.17) is 4.42 Å². The Bertz CT molecular complexity index is 1070. The molecule has 3 aromatic heterocycles. The minimum atomic E-state index is 0.439. The van der Waals surface area contributed by atoms with Crippen molar-refractivity contribution in [2.24, 2.45) is 5.16 Å². The second-order valence-electron chi connectivity index (χ2n) is 4.85. The number of hydrogen-bond acceptors (Lipinski definition) is 4. The van der Waals surface area contributed by atoms with Gasteiger partial charge in [-0.3, -0.25) is 0 Å². The van der Waals surface area contributed by atoms with Gasteiger partial charge in [-0.1, -0.05) is 21.1 Å². The molecule has 3 heterocycles. The molecule has 108 valence electrons. The smallest absolute Gasteiger partial charge is 0.155 e. The van der Waals surface area contributed by atoms with E-state index in [9.17, 15) is 5.21 Å². The van der Waals surface area contributed by atoms with Crippen molar-refractivity contribution in [3.8, 4) is 11.5 Å². The number of fused-ring (bicyclic) bond motifs is 2. The molecule has 6 heteroatoms. The molecule has 0 radical (unpaired) electrons. The number of rotatable bonds is 1. The van der Waals surface area contributed by atoms with Crippen LogP contribution >= 0.6 is 15.9 Å². The Labute approximate surface area is 133 Å². The van der Waals surface area contributed by atoms with Gasteiger partial charge in [-0.2, -0.15) is 0 Å². The molecule has 0 aliphatic heterocycles. The Balaban J connectivity index is 2.00. The molecule has 1 aromatic carbocycles. The highest BCUT2D eigenvalue weighted by atomic mass is 79.9. The van der Waals surface area contributed by atoms with Crippen LogP contribution in [-0.4, -0.2) is 14.6 Å². The van der Waals surface area contributed by atoms with Crippen molar-refractivity contribution < 1.29 is 9.62 Å². The number of hydrogen-bond donors (Lipinski definition) is 1. The normalized spacial score (nSPS) is 12.3. The zero-order valence-corrected chi connectivity index (χ0v) is 12.9. The summed E-state index contributed by atoms with van der Waals surface area (Å²) in [4.78, 5) is 4.39. The van der Waals surface area contributed by atoms with Crippen molar-refractivity contribution in [3.05, 3.63) is 64.8 Å². The van der Waals surface area contributed by atoms with Crippen LogP contribution in [-0.2, 0) is 0 Å². The lowest BCUT2D eigenvalue weighted by Gasteiger charge is -2.05. The van der Waals surface area contributed by atoms with Gasteiger partial charge in [0, 0.05) is 27.6 Å². The highest BCUT2D eigenvalue weighted by Crippen LogP contribution is 2.23. The third kappa shape index (κ3) is 2.08. The van der Waals surface area contributed by atoms with Gasteiger partial charge in [0.05, 0.1) is 6.33 Å². The van der Waals surface area contributed by atoms with E-state index < -0.39 is 0 Å². The first-order valence-corrected chi connectivity index (χ1v) is 7.38. The van der Waals surface area contributed by atoms with Crippen molar-refractivity contribution in [1.82, 2.24) is 9.38 Å². The monoisotopic (exact) mass is 355 g/mol. The molecule has 0 fully saturated rings. The maximum absolute atomic E-state index is 9.28. The van der Waals surface area contributed by atoms with E-state index in [-0.39, 0.29) is 0 Å². The van der Waals surface area contributed by atoms with Gasteiger partial charge in [0.1, 0.15) is 16.6 Å². The zero-order chi connectivity index (χ0) is 15.1. The molecule has 1 N–H and O–H groups in total. The van der Waals surface area contributed by atoms with E-state index in [0.29, 0.717) is 22.4 Å². The highest BCUT2D eigenvalue weighted by molar-refractivity contribution is 9.10. The predicted octanol–water partition coefficient (Wildman–Crippen LogP) is 3.80. The average molecular weight is 356 g/mol. The van der Waals surface area contributed by atoms with Gasteiger partial charge in [-0.05, 0) is 36.4 Å². The van der Waals surface area contributed by atoms with Crippen LogP contribution in [0.15, 0.2) is 69.0 Å².